The van der Waals surface area contributed by atoms with Crippen LogP contribution in [0.15, 0.2) is 54.6 Å². The van der Waals surface area contributed by atoms with Gasteiger partial charge in [0.15, 0.2) is 0 Å². The zero-order valence-corrected chi connectivity index (χ0v) is 13.5. The summed E-state index contributed by atoms with van der Waals surface area (Å²) in [6, 6.07) is 16.3. The van der Waals surface area contributed by atoms with Crippen molar-refractivity contribution in [3.63, 3.8) is 0 Å². The summed E-state index contributed by atoms with van der Waals surface area (Å²) in [6.45, 7) is 0. The molecule has 2 amide bonds. The van der Waals surface area contributed by atoms with Crippen LogP contribution in [0.5, 0.6) is 0 Å². The molecule has 0 saturated heterocycles. The van der Waals surface area contributed by atoms with E-state index in [-0.39, 0.29) is 11.8 Å². The molecule has 1 aliphatic rings. The molecule has 2 aromatic carbocycles. The molecule has 0 bridgehead atoms. The number of hydrogen-bond donors (Lipinski definition) is 1. The quantitative estimate of drug-likeness (QED) is 0.870. The fourth-order valence-corrected chi connectivity index (χ4v) is 2.74. The van der Waals surface area contributed by atoms with Crippen LogP contribution >= 0.6 is 11.6 Å². The third kappa shape index (κ3) is 2.94. The molecule has 0 radical (unpaired) electrons. The molecule has 1 fully saturated rings. The van der Waals surface area contributed by atoms with E-state index in [0.717, 1.165) is 5.69 Å². The van der Waals surface area contributed by atoms with Gasteiger partial charge in [-0.1, -0.05) is 41.9 Å². The topological polar surface area (TPSA) is 49.4 Å². The van der Waals surface area contributed by atoms with Crippen LogP contribution in [0.4, 0.5) is 11.4 Å². The highest BCUT2D eigenvalue weighted by atomic mass is 35.5. The average molecular weight is 329 g/mol. The van der Waals surface area contributed by atoms with E-state index in [4.69, 9.17) is 11.6 Å². The molecule has 118 valence electrons. The lowest BCUT2D eigenvalue weighted by Crippen LogP contribution is -2.41. The molecule has 4 nitrogen and oxygen atoms in total. The Labute approximate surface area is 140 Å². The van der Waals surface area contributed by atoms with Gasteiger partial charge in [-0.15, -0.1) is 0 Å². The second-order valence-electron chi connectivity index (χ2n) is 5.72. The van der Waals surface area contributed by atoms with Crippen molar-refractivity contribution in [2.24, 2.45) is 5.41 Å². The number of hydrogen-bond acceptors (Lipinski definition) is 2. The Hall–Kier alpha value is -2.33. The van der Waals surface area contributed by atoms with Crippen LogP contribution in [-0.4, -0.2) is 18.9 Å². The first kappa shape index (κ1) is 15.6. The molecular formula is C18H17ClN2O2. The van der Waals surface area contributed by atoms with E-state index in [1.54, 1.807) is 36.2 Å². The summed E-state index contributed by atoms with van der Waals surface area (Å²) in [5, 5.41) is 3.24. The molecule has 0 spiro atoms. The zero-order chi connectivity index (χ0) is 16.4. The van der Waals surface area contributed by atoms with Crippen LogP contribution in [0.2, 0.25) is 5.02 Å². The van der Waals surface area contributed by atoms with Crippen molar-refractivity contribution in [2.75, 3.05) is 17.3 Å². The number of nitrogens with one attached hydrogen (secondary N) is 1. The van der Waals surface area contributed by atoms with Crippen molar-refractivity contribution < 1.29 is 9.59 Å². The van der Waals surface area contributed by atoms with Crippen LogP contribution in [0.25, 0.3) is 0 Å². The second kappa shape index (κ2) is 6.05. The normalized spacial score (nSPS) is 14.9. The minimum atomic E-state index is -0.982. The summed E-state index contributed by atoms with van der Waals surface area (Å²) in [4.78, 5) is 26.9. The smallest absolute Gasteiger partial charge is 0.242 e. The van der Waals surface area contributed by atoms with Crippen molar-refractivity contribution >= 4 is 34.8 Å². The van der Waals surface area contributed by atoms with E-state index in [0.29, 0.717) is 23.6 Å². The molecule has 2 aromatic rings. The Bertz CT molecular complexity index is 742. The first-order chi connectivity index (χ1) is 11.0. The van der Waals surface area contributed by atoms with Gasteiger partial charge in [-0.2, -0.15) is 0 Å². The van der Waals surface area contributed by atoms with E-state index in [1.807, 2.05) is 30.3 Å². The maximum Gasteiger partial charge on any atom is 0.242 e. The highest BCUT2D eigenvalue weighted by Gasteiger charge is 2.57. The Morgan fingerprint density at radius 1 is 1.04 bits per heavy atom. The average Bonchev–Trinajstić information content (AvgIpc) is 3.38. The molecular weight excluding hydrogens is 312 g/mol. The lowest BCUT2D eigenvalue weighted by Gasteiger charge is -2.23. The predicted octanol–water partition coefficient (Wildman–Crippen LogP) is 3.72. The van der Waals surface area contributed by atoms with E-state index in [9.17, 15) is 9.59 Å². The van der Waals surface area contributed by atoms with Gasteiger partial charge in [0.25, 0.3) is 0 Å². The van der Waals surface area contributed by atoms with E-state index in [2.05, 4.69) is 5.32 Å². The van der Waals surface area contributed by atoms with Crippen LogP contribution in [-0.2, 0) is 9.59 Å². The van der Waals surface area contributed by atoms with Crippen molar-refractivity contribution in [3.05, 3.63) is 59.6 Å². The van der Waals surface area contributed by atoms with Crippen LogP contribution in [0, 0.1) is 5.41 Å². The maximum atomic E-state index is 12.8. The first-order valence-electron chi connectivity index (χ1n) is 7.44. The zero-order valence-electron chi connectivity index (χ0n) is 12.8. The summed E-state index contributed by atoms with van der Waals surface area (Å²) in [6.07, 6.45) is 1.11. The van der Waals surface area contributed by atoms with E-state index < -0.39 is 5.41 Å². The van der Waals surface area contributed by atoms with Gasteiger partial charge >= 0.3 is 0 Å². The second-order valence-corrected chi connectivity index (χ2v) is 6.12. The molecule has 0 aromatic heterocycles. The molecule has 3 rings (SSSR count). The van der Waals surface area contributed by atoms with Gasteiger partial charge in [0.05, 0.1) is 10.7 Å². The van der Waals surface area contributed by atoms with Crippen LogP contribution in [0.3, 0.4) is 0 Å². The van der Waals surface area contributed by atoms with Gasteiger partial charge in [-0.25, -0.2) is 0 Å². The highest BCUT2D eigenvalue weighted by molar-refractivity contribution is 6.34. The third-order valence-corrected chi connectivity index (χ3v) is 4.49. The van der Waals surface area contributed by atoms with Crippen molar-refractivity contribution in [1.82, 2.24) is 0 Å². The summed E-state index contributed by atoms with van der Waals surface area (Å²) in [5.41, 5.74) is 0.318. The molecule has 0 aliphatic heterocycles. The number of benzene rings is 2. The molecule has 0 unspecified atom stereocenters. The SMILES string of the molecule is CN(C(=O)C1(C(=O)Nc2ccccc2Cl)CC1)c1ccccc1. The molecule has 0 atom stereocenters. The maximum absolute atomic E-state index is 12.8. The summed E-state index contributed by atoms with van der Waals surface area (Å²) in [5.74, 6) is -0.480. The Balaban J connectivity index is 1.78. The van der Waals surface area contributed by atoms with Crippen LogP contribution in [0.1, 0.15) is 12.8 Å². The van der Waals surface area contributed by atoms with Crippen LogP contribution < -0.4 is 10.2 Å². The lowest BCUT2D eigenvalue weighted by molar-refractivity contribution is -0.132. The number of halogens is 1. The number of anilines is 2. The molecule has 0 heterocycles. The number of carbonyl (C=O) groups excluding carboxylic acids is 2. The largest absolute Gasteiger partial charge is 0.324 e. The molecule has 1 aliphatic carbocycles. The predicted molar refractivity (Wildman–Crippen MR) is 91.6 cm³/mol. The molecule has 1 N–H and O–H groups in total. The van der Waals surface area contributed by atoms with Gasteiger partial charge in [-0.3, -0.25) is 9.59 Å². The van der Waals surface area contributed by atoms with Crippen molar-refractivity contribution in [2.45, 2.75) is 12.8 Å². The Morgan fingerprint density at radius 2 is 1.65 bits per heavy atom. The van der Waals surface area contributed by atoms with Crippen molar-refractivity contribution in [1.29, 1.82) is 0 Å². The minimum Gasteiger partial charge on any atom is -0.324 e. The Kier molecular flexibility index (Phi) is 4.09. The van der Waals surface area contributed by atoms with E-state index >= 15 is 0 Å². The molecule has 1 saturated carbocycles. The number of carbonyl (C=O) groups is 2. The summed E-state index contributed by atoms with van der Waals surface area (Å²) >= 11 is 6.07. The highest BCUT2D eigenvalue weighted by Crippen LogP contribution is 2.48. The van der Waals surface area contributed by atoms with Gasteiger partial charge in [0.1, 0.15) is 5.41 Å². The van der Waals surface area contributed by atoms with Gasteiger partial charge in [0.2, 0.25) is 11.8 Å². The van der Waals surface area contributed by atoms with E-state index in [1.165, 1.54) is 0 Å². The molecule has 5 heteroatoms. The van der Waals surface area contributed by atoms with Gasteiger partial charge in [-0.05, 0) is 37.1 Å². The number of rotatable bonds is 4. The third-order valence-electron chi connectivity index (χ3n) is 4.16. The fourth-order valence-electron chi connectivity index (χ4n) is 2.56. The summed E-state index contributed by atoms with van der Waals surface area (Å²) < 4.78 is 0. The lowest BCUT2D eigenvalue weighted by atomic mass is 10.0. The first-order valence-corrected chi connectivity index (χ1v) is 7.81. The van der Waals surface area contributed by atoms with Crippen molar-refractivity contribution in [3.8, 4) is 0 Å². The Morgan fingerprint density at radius 3 is 2.26 bits per heavy atom. The minimum absolute atomic E-state index is 0.187. The number of amides is 2. The molecule has 23 heavy (non-hydrogen) atoms. The number of para-hydroxylation sites is 2. The number of nitrogens with zero attached hydrogens (tertiary/aromatic N) is 1. The monoisotopic (exact) mass is 328 g/mol. The van der Waals surface area contributed by atoms with Gasteiger partial charge < -0.3 is 10.2 Å². The standard InChI is InChI=1S/C18H17ClN2O2/c1-21(13-7-3-2-4-8-13)17(23)18(11-12-18)16(22)20-15-10-6-5-9-14(15)19/h2-10H,11-12H2,1H3,(H,20,22). The summed E-state index contributed by atoms with van der Waals surface area (Å²) in [7, 11) is 1.69. The van der Waals surface area contributed by atoms with Gasteiger partial charge in [0, 0.05) is 12.7 Å². The fraction of sp³-hybridized carbons (Fsp3) is 0.222.